The van der Waals surface area contributed by atoms with E-state index in [1.54, 1.807) is 55.5 Å². The molecule has 1 N–H and O–H groups in total. The second kappa shape index (κ2) is 9.69. The summed E-state index contributed by atoms with van der Waals surface area (Å²) in [4.78, 5) is 24.9. The van der Waals surface area contributed by atoms with Crippen molar-refractivity contribution in [3.8, 4) is 0 Å². The summed E-state index contributed by atoms with van der Waals surface area (Å²) in [5.41, 5.74) is 3.15. The van der Waals surface area contributed by atoms with Crippen molar-refractivity contribution in [3.63, 3.8) is 0 Å². The number of ether oxygens (including phenoxy) is 1. The largest absolute Gasteiger partial charge is 0.463 e. The molecule has 0 aliphatic heterocycles. The van der Waals surface area contributed by atoms with E-state index < -0.39 is 26.5 Å². The Morgan fingerprint density at radius 1 is 1.03 bits per heavy atom. The zero-order valence-electron chi connectivity index (χ0n) is 18.7. The van der Waals surface area contributed by atoms with E-state index in [0.29, 0.717) is 38.0 Å². The molecule has 0 spiro atoms. The number of hydrogen-bond donors (Lipinski definition) is 1. The molecule has 7 heteroatoms. The molecular formula is C25H29NO5S. The summed E-state index contributed by atoms with van der Waals surface area (Å²) in [6.07, 6.45) is 4.93. The average molecular weight is 456 g/mol. The van der Waals surface area contributed by atoms with E-state index in [-0.39, 0.29) is 4.90 Å². The first-order chi connectivity index (χ1) is 15.2. The molecule has 0 unspecified atom stereocenters. The Hall–Kier alpha value is -2.93. The number of anilines is 1. The van der Waals surface area contributed by atoms with Crippen molar-refractivity contribution in [2.45, 2.75) is 56.1 Å². The third kappa shape index (κ3) is 4.78. The van der Waals surface area contributed by atoms with E-state index in [1.807, 2.05) is 13.8 Å². The first-order valence-electron chi connectivity index (χ1n) is 10.8. The van der Waals surface area contributed by atoms with Crippen LogP contribution in [0.5, 0.6) is 0 Å². The van der Waals surface area contributed by atoms with Gasteiger partial charge in [-0.2, -0.15) is 0 Å². The van der Waals surface area contributed by atoms with E-state index in [9.17, 15) is 18.0 Å². The number of carbonyl (C=O) groups is 2. The molecule has 1 amide bonds. The van der Waals surface area contributed by atoms with Gasteiger partial charge in [-0.3, -0.25) is 4.79 Å². The van der Waals surface area contributed by atoms with Crippen molar-refractivity contribution in [1.82, 2.24) is 0 Å². The number of nitrogens with one attached hydrogen (secondary N) is 1. The first kappa shape index (κ1) is 23.7. The molecular weight excluding hydrogens is 426 g/mol. The van der Waals surface area contributed by atoms with Crippen molar-refractivity contribution < 1.29 is 22.7 Å². The van der Waals surface area contributed by atoms with Crippen LogP contribution in [0.15, 0.2) is 53.4 Å². The van der Waals surface area contributed by atoms with Gasteiger partial charge in [0.25, 0.3) is 0 Å². The van der Waals surface area contributed by atoms with Gasteiger partial charge in [0.05, 0.1) is 11.5 Å². The summed E-state index contributed by atoms with van der Waals surface area (Å²) in [6.45, 7) is 5.84. The molecule has 2 aromatic rings. The number of esters is 1. The number of amides is 1. The van der Waals surface area contributed by atoms with E-state index >= 15 is 0 Å². The molecule has 0 radical (unpaired) electrons. The van der Waals surface area contributed by atoms with Crippen LogP contribution in [0.2, 0.25) is 0 Å². The molecule has 1 aliphatic carbocycles. The Morgan fingerprint density at radius 2 is 1.69 bits per heavy atom. The lowest BCUT2D eigenvalue weighted by Gasteiger charge is -2.28. The number of benzene rings is 2. The van der Waals surface area contributed by atoms with Crippen LogP contribution in [0, 0.1) is 13.8 Å². The molecule has 170 valence electrons. The van der Waals surface area contributed by atoms with Crippen LogP contribution in [0.4, 0.5) is 5.69 Å². The minimum absolute atomic E-state index is 0.192. The van der Waals surface area contributed by atoms with Crippen molar-refractivity contribution in [1.29, 1.82) is 0 Å². The summed E-state index contributed by atoms with van der Waals surface area (Å²) >= 11 is 0. The fraction of sp³-hybridized carbons (Fsp3) is 0.360. The minimum atomic E-state index is -3.87. The lowest BCUT2D eigenvalue weighted by atomic mass is 10.1. The quantitative estimate of drug-likeness (QED) is 0.487. The molecule has 32 heavy (non-hydrogen) atoms. The first-order valence-corrected chi connectivity index (χ1v) is 12.3. The SMILES string of the molecule is CCOC(=O)/C=C/c1ccc(NC(=O)C2(S(=O)(=O)c3ccc(C)c(C)c3)CCCC2)cc1. The third-order valence-electron chi connectivity index (χ3n) is 6.00. The van der Waals surface area contributed by atoms with Gasteiger partial charge in [0.15, 0.2) is 14.6 Å². The van der Waals surface area contributed by atoms with Gasteiger partial charge in [0.1, 0.15) is 0 Å². The molecule has 1 fully saturated rings. The van der Waals surface area contributed by atoms with Crippen LogP contribution in [-0.2, 0) is 24.2 Å². The van der Waals surface area contributed by atoms with Crippen LogP contribution in [0.3, 0.4) is 0 Å². The highest BCUT2D eigenvalue weighted by molar-refractivity contribution is 7.93. The monoisotopic (exact) mass is 455 g/mol. The molecule has 0 saturated heterocycles. The summed E-state index contributed by atoms with van der Waals surface area (Å²) in [5.74, 6) is -0.923. The second-order valence-electron chi connectivity index (χ2n) is 8.11. The summed E-state index contributed by atoms with van der Waals surface area (Å²) in [7, 11) is -3.87. The predicted molar refractivity (Wildman–Crippen MR) is 125 cm³/mol. The molecule has 0 heterocycles. The maximum atomic E-state index is 13.6. The Labute approximate surface area is 189 Å². The average Bonchev–Trinajstić information content (AvgIpc) is 3.27. The van der Waals surface area contributed by atoms with Crippen molar-refractivity contribution >= 4 is 33.5 Å². The highest BCUT2D eigenvalue weighted by atomic mass is 32.2. The molecule has 3 rings (SSSR count). The molecule has 6 nitrogen and oxygen atoms in total. The highest BCUT2D eigenvalue weighted by Crippen LogP contribution is 2.41. The molecule has 0 bridgehead atoms. The number of aryl methyl sites for hydroxylation is 2. The van der Waals surface area contributed by atoms with E-state index in [1.165, 1.54) is 6.08 Å². The maximum absolute atomic E-state index is 13.6. The van der Waals surface area contributed by atoms with Gasteiger partial charge in [0, 0.05) is 11.8 Å². The van der Waals surface area contributed by atoms with Gasteiger partial charge >= 0.3 is 5.97 Å². The number of hydrogen-bond acceptors (Lipinski definition) is 5. The van der Waals surface area contributed by atoms with Crippen LogP contribution in [0.1, 0.15) is 49.3 Å². The normalized spacial score (nSPS) is 15.6. The zero-order valence-corrected chi connectivity index (χ0v) is 19.5. The second-order valence-corrected chi connectivity index (χ2v) is 10.4. The Kier molecular flexibility index (Phi) is 7.19. The number of carbonyl (C=O) groups excluding carboxylic acids is 2. The number of rotatable bonds is 7. The van der Waals surface area contributed by atoms with Crippen molar-refractivity contribution in [3.05, 3.63) is 65.2 Å². The van der Waals surface area contributed by atoms with Gasteiger partial charge in [0.2, 0.25) is 5.91 Å². The molecule has 2 aromatic carbocycles. The topological polar surface area (TPSA) is 89.5 Å². The summed E-state index contributed by atoms with van der Waals surface area (Å²) in [5, 5.41) is 2.81. The summed E-state index contributed by atoms with van der Waals surface area (Å²) in [6, 6.07) is 11.9. The minimum Gasteiger partial charge on any atom is -0.463 e. The highest BCUT2D eigenvalue weighted by Gasteiger charge is 2.53. The number of sulfone groups is 1. The molecule has 0 atom stereocenters. The van der Waals surface area contributed by atoms with Gasteiger partial charge in [-0.05, 0) is 80.6 Å². The van der Waals surface area contributed by atoms with Crippen molar-refractivity contribution in [2.75, 3.05) is 11.9 Å². The lowest BCUT2D eigenvalue weighted by Crippen LogP contribution is -2.47. The molecule has 1 saturated carbocycles. The van der Waals surface area contributed by atoms with E-state index in [2.05, 4.69) is 5.32 Å². The third-order valence-corrected chi connectivity index (χ3v) is 8.49. The molecule has 1 aliphatic rings. The van der Waals surface area contributed by atoms with Gasteiger partial charge in [-0.15, -0.1) is 0 Å². The predicted octanol–water partition coefficient (Wildman–Crippen LogP) is 4.60. The Morgan fingerprint density at radius 3 is 2.28 bits per heavy atom. The lowest BCUT2D eigenvalue weighted by molar-refractivity contribution is -0.137. The fourth-order valence-corrected chi connectivity index (χ4v) is 6.10. The van der Waals surface area contributed by atoms with Gasteiger partial charge in [-0.25, -0.2) is 13.2 Å². The van der Waals surface area contributed by atoms with Crippen LogP contribution in [0.25, 0.3) is 6.08 Å². The van der Waals surface area contributed by atoms with E-state index in [4.69, 9.17) is 4.74 Å². The standard InChI is InChI=1S/C25H29NO5S/c1-4-31-23(27)14-10-20-8-11-21(12-9-20)26-24(28)25(15-5-6-16-25)32(29,30)22-13-7-18(2)19(3)17-22/h7-14,17H,4-6,15-16H2,1-3H3,(H,26,28)/b14-10+. The fourth-order valence-electron chi connectivity index (χ4n) is 3.95. The van der Waals surface area contributed by atoms with E-state index in [0.717, 1.165) is 16.7 Å². The van der Waals surface area contributed by atoms with Crippen molar-refractivity contribution in [2.24, 2.45) is 0 Å². The Balaban J connectivity index is 1.82. The van der Waals surface area contributed by atoms with Crippen LogP contribution in [-0.4, -0.2) is 31.6 Å². The van der Waals surface area contributed by atoms with Gasteiger partial charge < -0.3 is 10.1 Å². The zero-order chi connectivity index (χ0) is 23.4. The van der Waals surface area contributed by atoms with Crippen LogP contribution >= 0.6 is 0 Å². The molecule has 0 aromatic heterocycles. The Bertz CT molecular complexity index is 1130. The van der Waals surface area contributed by atoms with Crippen LogP contribution < -0.4 is 5.32 Å². The smallest absolute Gasteiger partial charge is 0.330 e. The van der Waals surface area contributed by atoms with Gasteiger partial charge in [-0.1, -0.05) is 31.0 Å². The maximum Gasteiger partial charge on any atom is 0.330 e. The summed E-state index contributed by atoms with van der Waals surface area (Å²) < 4.78 is 30.6.